The lowest BCUT2D eigenvalue weighted by molar-refractivity contribution is -0.0806. The van der Waals surface area contributed by atoms with Crippen LogP contribution in [0.4, 0.5) is 13.2 Å². The van der Waals surface area contributed by atoms with Crippen molar-refractivity contribution in [2.24, 2.45) is 0 Å². The Hall–Kier alpha value is -0.780. The fourth-order valence-electron chi connectivity index (χ4n) is 0.582. The summed E-state index contributed by atoms with van der Waals surface area (Å²) in [6.07, 6.45) is 1.87. The van der Waals surface area contributed by atoms with Crippen LogP contribution in [0.1, 0.15) is 0 Å². The Balaban J connectivity index is 2.77. The summed E-state index contributed by atoms with van der Waals surface area (Å²) in [5.41, 5.74) is 0. The maximum absolute atomic E-state index is 12.3. The van der Waals surface area contributed by atoms with Crippen LogP contribution in [0.15, 0.2) is 18.5 Å². The van der Waals surface area contributed by atoms with Gasteiger partial charge in [0.15, 0.2) is 0 Å². The lowest BCUT2D eigenvalue weighted by Gasteiger charge is -2.09. The largest absolute Gasteiger partial charge is 0.459 e. The molecule has 66 valence electrons. The van der Waals surface area contributed by atoms with E-state index in [1.807, 2.05) is 15.9 Å². The summed E-state index contributed by atoms with van der Waals surface area (Å²) in [6.45, 7) is 0. The molecule has 0 fully saturated rings. The van der Waals surface area contributed by atoms with Crippen LogP contribution in [0.2, 0.25) is 0 Å². The molecule has 0 N–H and O–H groups in total. The van der Waals surface area contributed by atoms with Crippen molar-refractivity contribution in [2.75, 3.05) is 0 Å². The van der Waals surface area contributed by atoms with Crippen molar-refractivity contribution >= 4 is 15.9 Å². The van der Waals surface area contributed by atoms with Crippen molar-refractivity contribution in [1.29, 1.82) is 0 Å². The van der Waals surface area contributed by atoms with Crippen LogP contribution in [0, 0.1) is 5.82 Å². The molecule has 0 aliphatic heterocycles. The van der Waals surface area contributed by atoms with Gasteiger partial charge in [-0.2, -0.15) is 8.78 Å². The second-order valence-corrected chi connectivity index (χ2v) is 2.81. The van der Waals surface area contributed by atoms with Gasteiger partial charge in [-0.3, -0.25) is 4.98 Å². The minimum absolute atomic E-state index is 0.336. The van der Waals surface area contributed by atoms with E-state index in [9.17, 15) is 13.2 Å². The van der Waals surface area contributed by atoms with Gasteiger partial charge in [-0.05, 0) is 0 Å². The van der Waals surface area contributed by atoms with Crippen LogP contribution in [-0.4, -0.2) is 10.0 Å². The fraction of sp³-hybridized carbons (Fsp3) is 0.167. The molecule has 0 spiro atoms. The Bertz CT molecular complexity index is 276. The van der Waals surface area contributed by atoms with E-state index in [1.54, 1.807) is 0 Å². The van der Waals surface area contributed by atoms with Gasteiger partial charge in [-0.1, -0.05) is 0 Å². The number of halogens is 4. The monoisotopic (exact) mass is 241 g/mol. The summed E-state index contributed by atoms with van der Waals surface area (Å²) >= 11 is 1.93. The van der Waals surface area contributed by atoms with Crippen molar-refractivity contribution in [2.45, 2.75) is 5.02 Å². The van der Waals surface area contributed by atoms with Crippen LogP contribution in [0.5, 0.6) is 5.75 Å². The lowest BCUT2D eigenvalue weighted by atomic mass is 10.4. The highest BCUT2D eigenvalue weighted by atomic mass is 79.9. The molecule has 1 aromatic heterocycles. The molecule has 0 unspecified atom stereocenters. The number of hydrogen-bond donors (Lipinski definition) is 0. The highest BCUT2D eigenvalue weighted by Crippen LogP contribution is 2.26. The minimum atomic E-state index is -3.50. The topological polar surface area (TPSA) is 22.1 Å². The molecule has 2 nitrogen and oxygen atoms in total. The molecule has 12 heavy (non-hydrogen) atoms. The van der Waals surface area contributed by atoms with E-state index in [0.717, 1.165) is 18.5 Å². The Morgan fingerprint density at radius 2 is 2.08 bits per heavy atom. The van der Waals surface area contributed by atoms with Gasteiger partial charge in [0.05, 0.1) is 12.4 Å². The number of hydrogen-bond acceptors (Lipinski definition) is 2. The van der Waals surface area contributed by atoms with Crippen LogP contribution in [0.3, 0.4) is 0 Å². The summed E-state index contributed by atoms with van der Waals surface area (Å²) in [7, 11) is 0. The van der Waals surface area contributed by atoms with Crippen LogP contribution in [-0.2, 0) is 0 Å². The molecule has 0 atom stereocenters. The Morgan fingerprint density at radius 3 is 2.58 bits per heavy atom. The molecule has 0 bridgehead atoms. The molecule has 0 saturated carbocycles. The second-order valence-electron chi connectivity index (χ2n) is 1.89. The molecule has 0 aliphatic carbocycles. The van der Waals surface area contributed by atoms with Crippen LogP contribution in [0.25, 0.3) is 0 Å². The van der Waals surface area contributed by atoms with E-state index in [2.05, 4.69) is 9.72 Å². The summed E-state index contributed by atoms with van der Waals surface area (Å²) in [5, 5.41) is -3.50. The van der Waals surface area contributed by atoms with Crippen molar-refractivity contribution in [3.63, 3.8) is 0 Å². The van der Waals surface area contributed by atoms with Gasteiger partial charge in [0, 0.05) is 22.0 Å². The minimum Gasteiger partial charge on any atom is -0.422 e. The average molecular weight is 242 g/mol. The number of alkyl halides is 3. The normalized spacial score (nSPS) is 11.3. The molecule has 0 saturated heterocycles. The Kier molecular flexibility index (Phi) is 2.56. The van der Waals surface area contributed by atoms with E-state index in [1.165, 1.54) is 0 Å². The molecule has 0 radical (unpaired) electrons. The van der Waals surface area contributed by atoms with Gasteiger partial charge in [0.1, 0.15) is 11.6 Å². The first-order valence-electron chi connectivity index (χ1n) is 2.84. The maximum atomic E-state index is 12.3. The molecular weight excluding hydrogens is 239 g/mol. The predicted octanol–water partition coefficient (Wildman–Crippen LogP) is 2.54. The number of nitrogens with zero attached hydrogens (tertiary/aromatic N) is 1. The van der Waals surface area contributed by atoms with Crippen molar-refractivity contribution < 1.29 is 17.9 Å². The number of pyridine rings is 1. The number of aromatic nitrogens is 1. The van der Waals surface area contributed by atoms with Crippen LogP contribution < -0.4 is 4.74 Å². The molecule has 1 aromatic rings. The Morgan fingerprint density at radius 1 is 1.42 bits per heavy atom. The zero-order chi connectivity index (χ0) is 9.19. The van der Waals surface area contributed by atoms with Gasteiger partial charge < -0.3 is 4.74 Å². The summed E-state index contributed by atoms with van der Waals surface area (Å²) in [4.78, 5) is 3.31. The SMILES string of the molecule is Fc1cncc(OC(F)(F)Br)c1. The highest BCUT2D eigenvalue weighted by Gasteiger charge is 2.26. The van der Waals surface area contributed by atoms with Crippen molar-refractivity contribution in [1.82, 2.24) is 4.98 Å². The summed E-state index contributed by atoms with van der Waals surface area (Å²) in [5.74, 6) is -1.07. The molecule has 1 heterocycles. The van der Waals surface area contributed by atoms with E-state index in [-0.39, 0.29) is 5.75 Å². The first-order chi connectivity index (χ1) is 5.47. The highest BCUT2D eigenvalue weighted by molar-refractivity contribution is 9.09. The summed E-state index contributed by atoms with van der Waals surface area (Å²) in [6, 6.07) is 0.808. The summed E-state index contributed by atoms with van der Waals surface area (Å²) < 4.78 is 40.5. The number of ether oxygens (including phenoxy) is 1. The standard InChI is InChI=1S/C6H3BrF3NO/c7-6(9,10)12-5-1-4(8)2-11-3-5/h1-3H. The van der Waals surface area contributed by atoms with Gasteiger partial charge in [-0.25, -0.2) is 4.39 Å². The average Bonchev–Trinajstić information content (AvgIpc) is 1.82. The van der Waals surface area contributed by atoms with E-state index in [0.29, 0.717) is 0 Å². The van der Waals surface area contributed by atoms with Gasteiger partial charge in [-0.15, -0.1) is 0 Å². The zero-order valence-corrected chi connectivity index (χ0v) is 7.19. The third-order valence-corrected chi connectivity index (χ3v) is 1.08. The molecule has 0 amide bonds. The smallest absolute Gasteiger partial charge is 0.422 e. The predicted molar refractivity (Wildman–Crippen MR) is 38.7 cm³/mol. The second kappa shape index (κ2) is 3.30. The van der Waals surface area contributed by atoms with Crippen LogP contribution >= 0.6 is 15.9 Å². The molecule has 6 heteroatoms. The Labute approximate surface area is 74.5 Å². The van der Waals surface area contributed by atoms with Crippen molar-refractivity contribution in [3.05, 3.63) is 24.3 Å². The van der Waals surface area contributed by atoms with E-state index >= 15 is 0 Å². The molecule has 0 aliphatic rings. The fourth-order valence-corrected chi connectivity index (χ4v) is 0.769. The van der Waals surface area contributed by atoms with Gasteiger partial charge >= 0.3 is 5.02 Å². The van der Waals surface area contributed by atoms with Crippen molar-refractivity contribution in [3.8, 4) is 5.75 Å². The first kappa shape index (κ1) is 9.31. The van der Waals surface area contributed by atoms with E-state index in [4.69, 9.17) is 0 Å². The maximum Gasteiger partial charge on any atom is 0.459 e. The zero-order valence-electron chi connectivity index (χ0n) is 5.60. The molecule has 1 rings (SSSR count). The third kappa shape index (κ3) is 3.08. The molecular formula is C6H3BrF3NO. The quantitative estimate of drug-likeness (QED) is 0.743. The third-order valence-electron chi connectivity index (χ3n) is 0.913. The van der Waals surface area contributed by atoms with Gasteiger partial charge in [0.2, 0.25) is 0 Å². The van der Waals surface area contributed by atoms with Gasteiger partial charge in [0.25, 0.3) is 0 Å². The lowest BCUT2D eigenvalue weighted by Crippen LogP contribution is -2.14. The molecule has 0 aromatic carbocycles. The number of rotatable bonds is 2. The van der Waals surface area contributed by atoms with E-state index < -0.39 is 10.8 Å². The first-order valence-corrected chi connectivity index (χ1v) is 3.63.